The molecule has 26 heteroatoms. The van der Waals surface area contributed by atoms with E-state index in [1.165, 1.54) is 51.1 Å². The third-order valence-corrected chi connectivity index (χ3v) is 17.5. The van der Waals surface area contributed by atoms with Gasteiger partial charge in [0.05, 0.1) is 36.9 Å². The third-order valence-electron chi connectivity index (χ3n) is 17.2. The Morgan fingerprint density at radius 3 is 2.34 bits per heavy atom. The smallest absolute Gasteiger partial charge is 0.409 e. The van der Waals surface area contributed by atoms with Crippen LogP contribution in [-0.2, 0) is 65.4 Å². The largest absolute Gasteiger partial charge is 0.495 e. The Bertz CT molecular complexity index is 3060. The van der Waals surface area contributed by atoms with Gasteiger partial charge in [0.25, 0.3) is 5.91 Å². The van der Waals surface area contributed by atoms with Crippen LogP contribution < -0.4 is 31.3 Å². The van der Waals surface area contributed by atoms with Crippen LogP contribution in [-0.4, -0.2) is 163 Å². The number of hydrogen-bond acceptors (Lipinski definition) is 16. The highest BCUT2D eigenvalue weighted by molar-refractivity contribution is 7.59. The van der Waals surface area contributed by atoms with Gasteiger partial charge in [0.1, 0.15) is 52.3 Å². The Kier molecular flexibility index (Phi) is 25.9. The van der Waals surface area contributed by atoms with Gasteiger partial charge in [-0.25, -0.2) is 18.8 Å². The van der Waals surface area contributed by atoms with E-state index in [9.17, 15) is 53.1 Å². The number of hydrogen-bond donors (Lipinski definition) is 5. The molecule has 23 nitrogen and oxygen atoms in total. The number of halogens is 2. The maximum absolute atomic E-state index is 16.2. The Labute approximate surface area is 531 Å². The van der Waals surface area contributed by atoms with Crippen LogP contribution in [0.1, 0.15) is 134 Å². The number of methoxy groups -OCH3 is 2. The number of amides is 8. The number of ketones is 2. The van der Waals surface area contributed by atoms with E-state index in [1.807, 2.05) is 13.0 Å². The average Bonchev–Trinajstić information content (AvgIpc) is 1.59. The number of anilines is 1. The van der Waals surface area contributed by atoms with E-state index in [-0.39, 0.29) is 117 Å². The van der Waals surface area contributed by atoms with Gasteiger partial charge in [0.2, 0.25) is 23.6 Å². The van der Waals surface area contributed by atoms with Gasteiger partial charge in [-0.3, -0.25) is 43.8 Å². The van der Waals surface area contributed by atoms with Crippen LogP contribution in [0.3, 0.4) is 0 Å². The van der Waals surface area contributed by atoms with Crippen LogP contribution in [0.4, 0.5) is 19.7 Å². The summed E-state index contributed by atoms with van der Waals surface area (Å²) < 4.78 is 45.6. The predicted molar refractivity (Wildman–Crippen MR) is 331 cm³/mol. The van der Waals surface area contributed by atoms with E-state index < -0.39 is 125 Å². The number of likely N-dealkylation sites (tertiary alicyclic amines) is 1. The molecule has 490 valence electrons. The summed E-state index contributed by atoms with van der Waals surface area (Å²) in [7, 11) is 5.58. The molecule has 0 spiro atoms. The van der Waals surface area contributed by atoms with Crippen molar-refractivity contribution in [2.24, 2.45) is 29.4 Å². The molecule has 3 fully saturated rings. The van der Waals surface area contributed by atoms with Crippen LogP contribution in [0.25, 0.3) is 0 Å². The molecule has 4 aliphatic rings. The fourth-order valence-corrected chi connectivity index (χ4v) is 11.8. The molecule has 2 aromatic rings. The Hall–Kier alpha value is -6.93. The van der Waals surface area contributed by atoms with Crippen molar-refractivity contribution in [1.29, 1.82) is 0 Å². The second-order valence-corrected chi connectivity index (χ2v) is 24.5. The molecule has 0 aromatic heterocycles. The summed E-state index contributed by atoms with van der Waals surface area (Å²) in [5.74, 6) is -7.07. The number of primary amides is 1. The van der Waals surface area contributed by atoms with E-state index in [2.05, 4.69) is 16.0 Å². The maximum Gasteiger partial charge on any atom is 0.409 e. The Morgan fingerprint density at radius 1 is 1.00 bits per heavy atom. The molecular weight excluding hydrogens is 1200 g/mol. The number of unbranched alkanes of at least 4 members (excludes halogenated alkanes) is 2. The summed E-state index contributed by atoms with van der Waals surface area (Å²) in [5, 5.41) is 19.8. The number of aliphatic hydroxyl groups is 1. The molecule has 0 aliphatic carbocycles. The highest BCUT2D eigenvalue weighted by atomic mass is 35.5. The minimum atomic E-state index is -1.94. The van der Waals surface area contributed by atoms with Crippen molar-refractivity contribution < 1.29 is 81.1 Å². The zero-order valence-electron chi connectivity index (χ0n) is 52.5. The van der Waals surface area contributed by atoms with Gasteiger partial charge in [-0.1, -0.05) is 75.6 Å². The highest BCUT2D eigenvalue weighted by Gasteiger charge is 2.64. The summed E-state index contributed by atoms with van der Waals surface area (Å²) in [6.07, 6.45) is 1.41. The van der Waals surface area contributed by atoms with Crippen molar-refractivity contribution in [2.45, 2.75) is 173 Å². The number of carbonyl (C=O) groups excluding carboxylic acids is 10. The van der Waals surface area contributed by atoms with Crippen LogP contribution in [0.15, 0.2) is 54.1 Å². The molecule has 6 N–H and O–H groups in total. The van der Waals surface area contributed by atoms with Crippen molar-refractivity contribution in [2.75, 3.05) is 46.3 Å². The first-order chi connectivity index (χ1) is 41.4. The summed E-state index contributed by atoms with van der Waals surface area (Å²) in [6.45, 7) is 12.2. The number of ether oxygens (including phenoxy) is 5. The van der Waals surface area contributed by atoms with Crippen molar-refractivity contribution in [3.05, 3.63) is 81.7 Å². The van der Waals surface area contributed by atoms with Crippen molar-refractivity contribution in [3.8, 4) is 5.75 Å². The minimum Gasteiger partial charge on any atom is -0.495 e. The lowest BCUT2D eigenvalue weighted by Crippen LogP contribution is -2.63. The normalized spacial score (nSPS) is 25.6. The second kappa shape index (κ2) is 31.7. The lowest BCUT2D eigenvalue weighted by Gasteiger charge is -2.42. The first-order valence-corrected chi connectivity index (χ1v) is 30.2. The van der Waals surface area contributed by atoms with Gasteiger partial charge in [0, 0.05) is 84.2 Å². The van der Waals surface area contributed by atoms with Crippen LogP contribution in [0.5, 0.6) is 5.75 Å². The standard InChI is InChI=1S/C63H85ClFN7O16.H2S/c1-34(2)43(31-41(73)18-13-12-14-24-72-53(76)26-36(4)57(72)78)56(77)68-45(19-16-23-67-60(66)81)47(74)29-39-21-22-42(44(65)27-39)58(79)70(8)38(6)59(80)87-51-32-52(75)71(9)46-28-40(30-48(84-10)54(46)64)25-35(3)17-15-20-50(85-11)63(83)33-49(86-61(82)69-63)37(5)55-62(51,7)88-55;/h15,17,20-22,27-28,30,34,36-38,43,45,49-51,55,83H,12-14,16,18-19,23-26,29,31-33H2,1-11H3,(H,68,77)(H,69,82)(H3,66,67,81);1H2/b20-15+,35-17+;/t36?,37-,38+,43+,45+,49+,50-,51+,55+,62+,63+;/m1./s1. The molecular formula is C63H87ClFN7O16S. The monoisotopic (exact) mass is 1280 g/mol. The van der Waals surface area contributed by atoms with Crippen molar-refractivity contribution in [1.82, 2.24) is 25.8 Å². The molecule has 3 saturated heterocycles. The molecule has 8 amide bonds. The zero-order valence-corrected chi connectivity index (χ0v) is 54.3. The number of imide groups is 1. The number of carbonyl (C=O) groups is 10. The van der Waals surface area contributed by atoms with Gasteiger partial charge in [-0.2, -0.15) is 13.5 Å². The number of epoxide rings is 1. The number of Topliss-reactive ketones (excluding diaryl/α,β-unsaturated/α-hetero) is 2. The Balaban J connectivity index is 0.0000144. The van der Waals surface area contributed by atoms with Gasteiger partial charge in [-0.05, 0) is 94.2 Å². The molecule has 2 aromatic carbocycles. The summed E-state index contributed by atoms with van der Waals surface area (Å²) in [6, 6.07) is 3.63. The number of benzene rings is 2. The SMILES string of the molecule is COc1cc2cc(c1Cl)N(C)C(=O)C[C@H](OC(=O)[C@H](C)N(C)C(=O)c1ccc(CC(=O)[C@H](CCCNC(N)=O)NC(=O)[C@@H](CC(=O)CCCCCN3C(=O)CC(C)C3=O)C(C)C)cc1F)[C@]1(C)O[C@H]1[C@H](C)[C@@H]1C[C@@](O)(NC(=O)O1)[C@H](OC)/C=C/C=C(\C)C2.S. The molecule has 6 rings (SSSR count). The molecule has 4 heterocycles. The number of nitrogens with zero attached hydrogens (tertiary/aromatic N) is 3. The quantitative estimate of drug-likeness (QED) is 0.0333. The van der Waals surface area contributed by atoms with Gasteiger partial charge in [0.15, 0.2) is 11.5 Å². The first-order valence-electron chi connectivity index (χ1n) is 29.8. The summed E-state index contributed by atoms with van der Waals surface area (Å²) >= 11 is 6.84. The number of rotatable bonds is 24. The maximum atomic E-state index is 16.2. The number of urea groups is 1. The fraction of sp³-hybridized carbons (Fsp3) is 0.587. The molecule has 0 saturated carbocycles. The van der Waals surface area contributed by atoms with Crippen LogP contribution in [0, 0.1) is 29.5 Å². The van der Waals surface area contributed by atoms with Crippen molar-refractivity contribution >= 4 is 90.0 Å². The predicted octanol–water partition coefficient (Wildman–Crippen LogP) is 6.31. The highest BCUT2D eigenvalue weighted by Crippen LogP contribution is 2.49. The summed E-state index contributed by atoms with van der Waals surface area (Å²) in [5.41, 5.74) is 3.43. The molecule has 1 unspecified atom stereocenters. The number of allylic oxidation sites excluding steroid dienone is 3. The van der Waals surface area contributed by atoms with Crippen LogP contribution in [0.2, 0.25) is 5.02 Å². The minimum absolute atomic E-state index is 0. The second-order valence-electron chi connectivity index (χ2n) is 24.2. The van der Waals surface area contributed by atoms with E-state index >= 15 is 4.39 Å². The molecule has 4 bridgehead atoms. The molecule has 4 aliphatic heterocycles. The van der Waals surface area contributed by atoms with E-state index in [0.717, 1.165) is 28.2 Å². The zero-order chi connectivity index (χ0) is 65.1. The average molecular weight is 1280 g/mol. The number of likely N-dealkylation sites (N-methyl/N-ethyl adjacent to an activating group) is 1. The number of alkyl carbamates (subject to hydrolysis) is 1. The number of nitrogens with one attached hydrogen (secondary N) is 3. The van der Waals surface area contributed by atoms with E-state index in [1.54, 1.807) is 58.9 Å². The van der Waals surface area contributed by atoms with Crippen LogP contribution >= 0.6 is 25.1 Å². The number of nitrogens with two attached hydrogens (primary N) is 1. The molecule has 89 heavy (non-hydrogen) atoms. The van der Waals surface area contributed by atoms with Gasteiger partial charge in [-0.15, -0.1) is 0 Å². The van der Waals surface area contributed by atoms with E-state index in [4.69, 9.17) is 41.0 Å². The lowest BCUT2D eigenvalue weighted by atomic mass is 9.83. The lowest BCUT2D eigenvalue weighted by molar-refractivity contribution is -0.158. The molecule has 11 atom stereocenters. The Morgan fingerprint density at radius 2 is 1.71 bits per heavy atom. The van der Waals surface area contributed by atoms with Crippen molar-refractivity contribution in [3.63, 3.8) is 0 Å². The number of esters is 1. The summed E-state index contributed by atoms with van der Waals surface area (Å²) in [4.78, 5) is 137. The first kappa shape index (κ1) is 72.8. The fourth-order valence-electron chi connectivity index (χ4n) is 11.5. The van der Waals surface area contributed by atoms with Gasteiger partial charge >= 0.3 is 18.1 Å². The topological polar surface area (TPSA) is 312 Å². The third kappa shape index (κ3) is 18.4. The van der Waals surface area contributed by atoms with E-state index in [0.29, 0.717) is 25.7 Å². The molecule has 0 radical (unpaired) electrons. The number of fused-ring (bicyclic) bond motifs is 5. The van der Waals surface area contributed by atoms with Gasteiger partial charge < -0.3 is 55.0 Å².